The van der Waals surface area contributed by atoms with Crippen molar-refractivity contribution in [3.8, 4) is 11.9 Å². The molecule has 0 fully saturated rings. The third-order valence-corrected chi connectivity index (χ3v) is 7.07. The number of aromatic amines is 1. The van der Waals surface area contributed by atoms with Crippen LogP contribution in [-0.2, 0) is 0 Å². The topological polar surface area (TPSA) is 186 Å². The number of azo groups is 1. The lowest BCUT2D eigenvalue weighted by atomic mass is 9.93. The molecule has 0 spiro atoms. The average Bonchev–Trinajstić information content (AvgIpc) is 2.94. The summed E-state index contributed by atoms with van der Waals surface area (Å²) < 4.78 is 0. The lowest BCUT2D eigenvalue weighted by Crippen LogP contribution is -2.48. The molecule has 3 unspecified atom stereocenters. The van der Waals surface area contributed by atoms with Crippen LogP contribution in [0.3, 0.4) is 0 Å². The smallest absolute Gasteiger partial charge is 0.270 e. The Morgan fingerprint density at radius 1 is 1.18 bits per heavy atom. The summed E-state index contributed by atoms with van der Waals surface area (Å²) in [6, 6.07) is 8.55. The number of amides is 1. The first kappa shape index (κ1) is 32.5. The molecular formula is C29H44N8O3. The highest BCUT2D eigenvalue weighted by Gasteiger charge is 2.25. The largest absolute Gasteiger partial charge is 0.493 e. The molecule has 2 aromatic rings. The molecule has 0 aliphatic rings. The first-order chi connectivity index (χ1) is 19.2. The zero-order chi connectivity index (χ0) is 29.7. The van der Waals surface area contributed by atoms with E-state index in [1.165, 1.54) is 0 Å². The van der Waals surface area contributed by atoms with Crippen LogP contribution in [0.25, 0.3) is 0 Å². The van der Waals surface area contributed by atoms with Crippen molar-refractivity contribution in [2.24, 2.45) is 21.9 Å². The number of rotatable bonds is 16. The van der Waals surface area contributed by atoms with Gasteiger partial charge in [0, 0.05) is 30.7 Å². The summed E-state index contributed by atoms with van der Waals surface area (Å²) in [7, 11) is 0. The third-order valence-electron chi connectivity index (χ3n) is 7.07. The van der Waals surface area contributed by atoms with Gasteiger partial charge in [0.2, 0.25) is 5.88 Å². The number of H-pyrrole nitrogens is 1. The fourth-order valence-corrected chi connectivity index (χ4v) is 4.55. The maximum absolute atomic E-state index is 13.9. The minimum absolute atomic E-state index is 0.00677. The van der Waals surface area contributed by atoms with Gasteiger partial charge in [-0.2, -0.15) is 10.4 Å². The number of nitrogens with one attached hydrogen (secondary N) is 2. The molecule has 0 aliphatic heterocycles. The number of unbranched alkanes of at least 4 members (excludes halogenated alkanes) is 1. The molecule has 11 nitrogen and oxygen atoms in total. The van der Waals surface area contributed by atoms with Gasteiger partial charge < -0.3 is 26.8 Å². The first-order valence-electron chi connectivity index (χ1n) is 14.1. The normalized spacial score (nSPS) is 13.6. The van der Waals surface area contributed by atoms with Gasteiger partial charge in [-0.05, 0) is 49.9 Å². The van der Waals surface area contributed by atoms with Crippen LogP contribution < -0.4 is 22.3 Å². The number of anilines is 1. The van der Waals surface area contributed by atoms with Crippen molar-refractivity contribution in [3.05, 3.63) is 45.7 Å². The van der Waals surface area contributed by atoms with Crippen molar-refractivity contribution in [2.75, 3.05) is 25.4 Å². The number of aromatic hydroxyl groups is 1. The molecule has 1 aromatic heterocycles. The fourth-order valence-electron chi connectivity index (χ4n) is 4.55. The van der Waals surface area contributed by atoms with Crippen LogP contribution in [0, 0.1) is 17.2 Å². The van der Waals surface area contributed by atoms with Crippen LogP contribution >= 0.6 is 0 Å². The maximum atomic E-state index is 13.9. The van der Waals surface area contributed by atoms with E-state index >= 15 is 0 Å². The number of hydrogen-bond acceptors (Lipinski definition) is 9. The van der Waals surface area contributed by atoms with Gasteiger partial charge in [-0.25, -0.2) is 0 Å². The molecule has 0 bridgehead atoms. The Morgan fingerprint density at radius 3 is 2.55 bits per heavy atom. The van der Waals surface area contributed by atoms with E-state index < -0.39 is 11.4 Å². The van der Waals surface area contributed by atoms with Crippen molar-refractivity contribution in [1.82, 2.24) is 15.2 Å². The summed E-state index contributed by atoms with van der Waals surface area (Å²) >= 11 is 0. The number of carbonyl (C=O) groups is 1. The molecule has 2 rings (SSSR count). The number of aromatic nitrogens is 1. The van der Waals surface area contributed by atoms with Crippen LogP contribution in [0.1, 0.15) is 82.1 Å². The van der Waals surface area contributed by atoms with E-state index in [1.54, 1.807) is 30.3 Å². The summed E-state index contributed by atoms with van der Waals surface area (Å²) in [5.41, 5.74) is 11.5. The van der Waals surface area contributed by atoms with E-state index in [2.05, 4.69) is 48.2 Å². The molecule has 40 heavy (non-hydrogen) atoms. The molecule has 0 saturated heterocycles. The summed E-state index contributed by atoms with van der Waals surface area (Å²) in [6.07, 6.45) is 5.80. The molecule has 1 amide bonds. The Hall–Kier alpha value is -3.75. The predicted molar refractivity (Wildman–Crippen MR) is 158 cm³/mol. The molecule has 11 heteroatoms. The highest BCUT2D eigenvalue weighted by Crippen LogP contribution is 2.33. The van der Waals surface area contributed by atoms with E-state index in [0.29, 0.717) is 24.3 Å². The highest BCUT2D eigenvalue weighted by atomic mass is 16.3. The number of carbonyl (C=O) groups excluding carboxylic acids is 1. The number of nitrogens with two attached hydrogens (primary N) is 2. The standard InChI is InChI=1S/C29H44N8O3/c1-5-9-14-33-21(8-4)18-37(17-19(7-3)24(31)11-6-2)29(40)20-12-10-13-22(15-20)35-36-26-25(32)23(16-30)27(38)34-28(26)39/h10,12-13,15,19,21,24,33H,5-9,11,14,17-18,31H2,1-4H3,(H4,32,34,38,39)/b36-35+. The second kappa shape index (κ2) is 16.4. The van der Waals surface area contributed by atoms with E-state index in [0.717, 1.165) is 45.1 Å². The van der Waals surface area contributed by atoms with E-state index in [-0.39, 0.29) is 40.8 Å². The predicted octanol–water partition coefficient (Wildman–Crippen LogP) is 4.71. The number of pyridine rings is 1. The molecule has 0 radical (unpaired) electrons. The van der Waals surface area contributed by atoms with Gasteiger partial charge >= 0.3 is 0 Å². The number of nitrogens with zero attached hydrogens (tertiary/aromatic N) is 4. The van der Waals surface area contributed by atoms with E-state index in [1.807, 2.05) is 4.90 Å². The second-order valence-corrected chi connectivity index (χ2v) is 10.0. The third kappa shape index (κ3) is 8.89. The number of hydrogen-bond donors (Lipinski definition) is 5. The number of nitrogen functional groups attached to an aromatic ring is 1. The van der Waals surface area contributed by atoms with E-state index in [9.17, 15) is 20.0 Å². The van der Waals surface area contributed by atoms with Crippen LogP contribution in [0.5, 0.6) is 5.88 Å². The van der Waals surface area contributed by atoms with Gasteiger partial charge in [0.05, 0.1) is 11.4 Å². The quantitative estimate of drug-likeness (QED) is 0.147. The average molecular weight is 553 g/mol. The van der Waals surface area contributed by atoms with Gasteiger partial charge in [0.1, 0.15) is 11.6 Å². The van der Waals surface area contributed by atoms with Gasteiger partial charge in [-0.15, -0.1) is 5.11 Å². The van der Waals surface area contributed by atoms with Gasteiger partial charge in [0.25, 0.3) is 11.5 Å². The monoisotopic (exact) mass is 552 g/mol. The summed E-state index contributed by atoms with van der Waals surface area (Å²) in [5.74, 6) is -0.563. The van der Waals surface area contributed by atoms with Crippen molar-refractivity contribution in [1.29, 1.82) is 5.26 Å². The van der Waals surface area contributed by atoms with Crippen LogP contribution in [-0.4, -0.2) is 52.6 Å². The summed E-state index contributed by atoms with van der Waals surface area (Å²) in [5, 5.41) is 30.9. The molecule has 1 heterocycles. The van der Waals surface area contributed by atoms with Gasteiger partial charge in [-0.3, -0.25) is 14.6 Å². The fraction of sp³-hybridized carbons (Fsp3) is 0.552. The van der Waals surface area contributed by atoms with Gasteiger partial charge in [-0.1, -0.05) is 53.0 Å². The molecule has 0 saturated carbocycles. The number of nitriles is 1. The Kier molecular flexibility index (Phi) is 13.3. The molecule has 218 valence electrons. The molecule has 7 N–H and O–H groups in total. The lowest BCUT2D eigenvalue weighted by molar-refractivity contribution is 0.0695. The van der Waals surface area contributed by atoms with Crippen molar-refractivity contribution < 1.29 is 9.90 Å². The Balaban J connectivity index is 2.37. The van der Waals surface area contributed by atoms with E-state index in [4.69, 9.17) is 11.5 Å². The van der Waals surface area contributed by atoms with Crippen LogP contribution in [0.2, 0.25) is 0 Å². The Morgan fingerprint density at radius 2 is 1.93 bits per heavy atom. The highest BCUT2D eigenvalue weighted by molar-refractivity contribution is 5.95. The molecule has 1 aromatic carbocycles. The van der Waals surface area contributed by atoms with Crippen molar-refractivity contribution >= 4 is 23.0 Å². The Labute approximate surface area is 236 Å². The minimum Gasteiger partial charge on any atom is -0.493 e. The van der Waals surface area contributed by atoms with Gasteiger partial charge in [0.15, 0.2) is 5.69 Å². The van der Waals surface area contributed by atoms with Crippen LogP contribution in [0.15, 0.2) is 39.3 Å². The zero-order valence-corrected chi connectivity index (χ0v) is 24.1. The summed E-state index contributed by atoms with van der Waals surface area (Å²) in [4.78, 5) is 29.7. The lowest BCUT2D eigenvalue weighted by Gasteiger charge is -2.33. The minimum atomic E-state index is -0.817. The summed E-state index contributed by atoms with van der Waals surface area (Å²) in [6.45, 7) is 10.5. The zero-order valence-electron chi connectivity index (χ0n) is 24.1. The second-order valence-electron chi connectivity index (χ2n) is 10.0. The van der Waals surface area contributed by atoms with Crippen molar-refractivity contribution in [3.63, 3.8) is 0 Å². The number of benzene rings is 1. The SMILES string of the molecule is CCCCNC(CC)CN(CC(CC)C(N)CCC)C(=O)c1cccc(/N=N/c2c(O)[nH]c(=O)c(C#N)c2N)c1. The first-order valence-corrected chi connectivity index (χ1v) is 14.1. The molecular weight excluding hydrogens is 508 g/mol. The van der Waals surface area contributed by atoms with Crippen molar-refractivity contribution in [2.45, 2.75) is 78.3 Å². The molecule has 0 aliphatic carbocycles. The maximum Gasteiger partial charge on any atom is 0.270 e. The van der Waals surface area contributed by atoms with Crippen LogP contribution in [0.4, 0.5) is 17.1 Å². The molecule has 3 atom stereocenters. The Bertz CT molecular complexity index is 1240.